The Bertz CT molecular complexity index is 1130. The molecule has 11 heteroatoms. The van der Waals surface area contributed by atoms with E-state index in [4.69, 9.17) is 0 Å². The van der Waals surface area contributed by atoms with Crippen molar-refractivity contribution in [2.24, 2.45) is 7.05 Å². The summed E-state index contributed by atoms with van der Waals surface area (Å²) in [5.41, 5.74) is 1.48. The van der Waals surface area contributed by atoms with Crippen molar-refractivity contribution in [3.05, 3.63) is 48.6 Å². The average molecular weight is 390 g/mol. The molecule has 0 fully saturated rings. The zero-order chi connectivity index (χ0) is 19.9. The van der Waals surface area contributed by atoms with Gasteiger partial charge in [-0.1, -0.05) is 13.3 Å². The predicted molar refractivity (Wildman–Crippen MR) is 101 cm³/mol. The van der Waals surface area contributed by atoms with E-state index < -0.39 is 22.1 Å². The number of aryl methyl sites for hydroxylation is 4. The number of hydrogen-bond donors (Lipinski definition) is 1. The molecule has 3 aromatic heterocycles. The van der Waals surface area contributed by atoms with Crippen LogP contribution in [0.2, 0.25) is 0 Å². The van der Waals surface area contributed by atoms with Crippen molar-refractivity contribution in [1.29, 1.82) is 0 Å². The summed E-state index contributed by atoms with van der Waals surface area (Å²) < 4.78 is 2.14. The van der Waals surface area contributed by atoms with Gasteiger partial charge in [-0.15, -0.1) is 11.3 Å². The molecular weight excluding hydrogens is 372 g/mol. The molecule has 0 aliphatic heterocycles. The quantitative estimate of drug-likeness (QED) is 0.525. The number of aromatic nitrogens is 4. The summed E-state index contributed by atoms with van der Waals surface area (Å²) >= 11 is 1.45. The Labute approximate surface area is 157 Å². The Hall–Kier alpha value is -3.08. The van der Waals surface area contributed by atoms with Gasteiger partial charge in [0.2, 0.25) is 5.69 Å². The molecule has 0 bridgehead atoms. The molecule has 0 saturated heterocycles. The first-order valence-electron chi connectivity index (χ1n) is 8.26. The largest absolute Gasteiger partial charge is 0.322 e. The Morgan fingerprint density at radius 3 is 2.74 bits per heavy atom. The fourth-order valence-electron chi connectivity index (χ4n) is 2.91. The fourth-order valence-corrected chi connectivity index (χ4v) is 4.07. The third-order valence-corrected chi connectivity index (χ3v) is 5.17. The number of thiophene rings is 1. The number of nitrogens with zero attached hydrogens (tertiary/aromatic N) is 5. The summed E-state index contributed by atoms with van der Waals surface area (Å²) in [5.74, 6) is -0.521. The van der Waals surface area contributed by atoms with Gasteiger partial charge in [0.25, 0.3) is 11.5 Å². The van der Waals surface area contributed by atoms with E-state index in [0.717, 1.165) is 27.1 Å². The molecule has 0 saturated carbocycles. The molecule has 142 valence electrons. The van der Waals surface area contributed by atoms with Crippen molar-refractivity contribution in [2.75, 3.05) is 5.43 Å². The van der Waals surface area contributed by atoms with Gasteiger partial charge in [0.05, 0.1) is 10.3 Å². The lowest BCUT2D eigenvalue weighted by atomic mass is 10.2. The normalized spacial score (nSPS) is 11.1. The van der Waals surface area contributed by atoms with Crippen LogP contribution in [0.1, 0.15) is 40.2 Å². The molecule has 0 radical (unpaired) electrons. The predicted octanol–water partition coefficient (Wildman–Crippen LogP) is 2.05. The van der Waals surface area contributed by atoms with Crippen molar-refractivity contribution in [1.82, 2.24) is 19.4 Å². The molecule has 1 amide bonds. The molecule has 27 heavy (non-hydrogen) atoms. The van der Waals surface area contributed by atoms with Crippen LogP contribution in [0, 0.1) is 24.0 Å². The Kier molecular flexibility index (Phi) is 4.79. The standard InChI is InChI=1S/C16H18N6O4S/c1-5-6-10-7-11-15(27-10)17-9(3)21(16(11)24)19-14(23)13-12(22(25)26)8(2)18-20(13)4/h7H,5-6H2,1-4H3,(H,19,23). The third kappa shape index (κ3) is 3.21. The summed E-state index contributed by atoms with van der Waals surface area (Å²) in [6.45, 7) is 5.08. The summed E-state index contributed by atoms with van der Waals surface area (Å²) in [4.78, 5) is 42.1. The maximum absolute atomic E-state index is 12.8. The van der Waals surface area contributed by atoms with Crippen LogP contribution >= 0.6 is 11.3 Å². The van der Waals surface area contributed by atoms with Crippen LogP contribution in [0.15, 0.2) is 10.9 Å². The molecule has 0 aliphatic rings. The van der Waals surface area contributed by atoms with E-state index in [9.17, 15) is 19.7 Å². The first kappa shape index (κ1) is 18.7. The lowest BCUT2D eigenvalue weighted by Crippen LogP contribution is -2.36. The molecule has 3 rings (SSSR count). The lowest BCUT2D eigenvalue weighted by Gasteiger charge is -2.10. The molecule has 3 aromatic rings. The Morgan fingerprint density at radius 1 is 1.41 bits per heavy atom. The summed E-state index contributed by atoms with van der Waals surface area (Å²) in [6.07, 6.45) is 1.78. The highest BCUT2D eigenvalue weighted by Gasteiger charge is 2.30. The molecule has 0 unspecified atom stereocenters. The highest BCUT2D eigenvalue weighted by Crippen LogP contribution is 2.24. The van der Waals surface area contributed by atoms with E-state index >= 15 is 0 Å². The van der Waals surface area contributed by atoms with Crippen molar-refractivity contribution in [3.63, 3.8) is 0 Å². The number of fused-ring (bicyclic) bond motifs is 1. The van der Waals surface area contributed by atoms with E-state index in [1.807, 2.05) is 6.92 Å². The molecule has 0 spiro atoms. The molecule has 1 N–H and O–H groups in total. The van der Waals surface area contributed by atoms with Gasteiger partial charge in [0.1, 0.15) is 16.3 Å². The van der Waals surface area contributed by atoms with Crippen LogP contribution in [0.4, 0.5) is 5.69 Å². The second-order valence-electron chi connectivity index (χ2n) is 6.09. The highest BCUT2D eigenvalue weighted by atomic mass is 32.1. The molecule has 0 aromatic carbocycles. The topological polar surface area (TPSA) is 125 Å². The van der Waals surface area contributed by atoms with Crippen molar-refractivity contribution < 1.29 is 9.72 Å². The van der Waals surface area contributed by atoms with Gasteiger partial charge in [-0.25, -0.2) is 9.66 Å². The van der Waals surface area contributed by atoms with Crippen LogP contribution in [0.25, 0.3) is 10.2 Å². The van der Waals surface area contributed by atoms with Gasteiger partial charge >= 0.3 is 5.69 Å². The minimum absolute atomic E-state index is 0.118. The van der Waals surface area contributed by atoms with Crippen molar-refractivity contribution >= 4 is 33.1 Å². The lowest BCUT2D eigenvalue weighted by molar-refractivity contribution is -0.385. The summed E-state index contributed by atoms with van der Waals surface area (Å²) in [7, 11) is 1.43. The first-order valence-corrected chi connectivity index (χ1v) is 9.07. The smallest absolute Gasteiger partial charge is 0.267 e. The average Bonchev–Trinajstić information content (AvgIpc) is 3.11. The second kappa shape index (κ2) is 6.91. The number of nitrogens with one attached hydrogen (secondary N) is 1. The zero-order valence-electron chi connectivity index (χ0n) is 15.3. The number of rotatable bonds is 5. The monoisotopic (exact) mass is 390 g/mol. The van der Waals surface area contributed by atoms with E-state index in [2.05, 4.69) is 15.5 Å². The fraction of sp³-hybridized carbons (Fsp3) is 0.375. The van der Waals surface area contributed by atoms with Crippen LogP contribution in [0.5, 0.6) is 0 Å². The molecule has 0 atom stereocenters. The highest BCUT2D eigenvalue weighted by molar-refractivity contribution is 7.18. The van der Waals surface area contributed by atoms with Gasteiger partial charge in [0.15, 0.2) is 0 Å². The molecular formula is C16H18N6O4S. The number of nitro groups is 1. The Morgan fingerprint density at radius 2 is 2.11 bits per heavy atom. The number of amides is 1. The van der Waals surface area contributed by atoms with Crippen LogP contribution in [0.3, 0.4) is 0 Å². The van der Waals surface area contributed by atoms with Gasteiger partial charge in [0, 0.05) is 11.9 Å². The summed E-state index contributed by atoms with van der Waals surface area (Å²) in [5, 5.41) is 15.6. The van der Waals surface area contributed by atoms with Gasteiger partial charge in [-0.3, -0.25) is 29.8 Å². The zero-order valence-corrected chi connectivity index (χ0v) is 16.1. The third-order valence-electron chi connectivity index (χ3n) is 4.08. The van der Waals surface area contributed by atoms with Crippen LogP contribution in [-0.2, 0) is 13.5 Å². The van der Waals surface area contributed by atoms with Crippen LogP contribution < -0.4 is 11.0 Å². The minimum atomic E-state index is -0.805. The molecule has 0 aliphatic carbocycles. The first-order chi connectivity index (χ1) is 12.7. The Balaban J connectivity index is 2.06. The van der Waals surface area contributed by atoms with E-state index in [1.165, 1.54) is 25.3 Å². The minimum Gasteiger partial charge on any atom is -0.267 e. The van der Waals surface area contributed by atoms with Gasteiger partial charge in [-0.05, 0) is 26.3 Å². The number of carbonyl (C=O) groups excluding carboxylic acids is 1. The second-order valence-corrected chi connectivity index (χ2v) is 7.20. The number of carbonyl (C=O) groups is 1. The van der Waals surface area contributed by atoms with Crippen molar-refractivity contribution in [3.8, 4) is 0 Å². The van der Waals surface area contributed by atoms with E-state index in [0.29, 0.717) is 10.2 Å². The van der Waals surface area contributed by atoms with E-state index in [1.54, 1.807) is 13.0 Å². The number of hydrogen-bond acceptors (Lipinski definition) is 7. The van der Waals surface area contributed by atoms with Crippen LogP contribution in [-0.4, -0.2) is 30.3 Å². The van der Waals surface area contributed by atoms with Gasteiger partial charge in [-0.2, -0.15) is 5.10 Å². The van der Waals surface area contributed by atoms with Crippen molar-refractivity contribution in [2.45, 2.75) is 33.6 Å². The van der Waals surface area contributed by atoms with Gasteiger partial charge < -0.3 is 0 Å². The van der Waals surface area contributed by atoms with E-state index in [-0.39, 0.29) is 17.2 Å². The summed E-state index contributed by atoms with van der Waals surface area (Å²) in [6, 6.07) is 1.78. The maximum Gasteiger partial charge on any atom is 0.322 e. The molecule has 3 heterocycles. The maximum atomic E-state index is 12.8. The molecule has 10 nitrogen and oxygen atoms in total. The SMILES string of the molecule is CCCc1cc2c(=O)n(NC(=O)c3c([N+](=O)[O-])c(C)nn3C)c(C)nc2s1.